The van der Waals surface area contributed by atoms with Crippen molar-refractivity contribution in [2.75, 3.05) is 13.7 Å². The van der Waals surface area contributed by atoms with Crippen LogP contribution in [0.2, 0.25) is 5.02 Å². The molecule has 1 spiro atoms. The molecule has 0 amide bonds. The number of hydrogen-bond acceptors (Lipinski definition) is 3. The predicted octanol–water partition coefficient (Wildman–Crippen LogP) is 5.02. The van der Waals surface area contributed by atoms with E-state index in [-0.39, 0.29) is 11.2 Å². The number of benzene rings is 1. The minimum absolute atomic E-state index is 0.0613. The number of carbonyl (C=O) groups is 1. The Morgan fingerprint density at radius 2 is 1.83 bits per heavy atom. The van der Waals surface area contributed by atoms with Gasteiger partial charge in [0.05, 0.1) is 5.57 Å². The average molecular weight is 349 g/mol. The Bertz CT molecular complexity index is 674. The summed E-state index contributed by atoms with van der Waals surface area (Å²) in [6, 6.07) is 3.72. The van der Waals surface area contributed by atoms with Crippen molar-refractivity contribution in [2.24, 2.45) is 11.3 Å². The first kappa shape index (κ1) is 17.5. The molecule has 0 aromatic heterocycles. The second-order valence-electron chi connectivity index (χ2n) is 7.42. The zero-order valence-electron chi connectivity index (χ0n) is 14.6. The third-order valence-electron chi connectivity index (χ3n) is 5.73. The molecule has 0 unspecified atom stereocenters. The van der Waals surface area contributed by atoms with Crippen LogP contribution in [0, 0.1) is 25.2 Å². The molecule has 2 aliphatic rings. The van der Waals surface area contributed by atoms with E-state index in [1.54, 1.807) is 7.11 Å². The van der Waals surface area contributed by atoms with Crippen molar-refractivity contribution in [3.8, 4) is 0 Å². The summed E-state index contributed by atoms with van der Waals surface area (Å²) in [5, 5.41) is 11.7. The number of aliphatic hydroxyl groups is 1. The van der Waals surface area contributed by atoms with Crippen molar-refractivity contribution < 1.29 is 14.6 Å². The molecular weight excluding hydrogens is 324 g/mol. The lowest BCUT2D eigenvalue weighted by Gasteiger charge is -2.36. The van der Waals surface area contributed by atoms with Crippen molar-refractivity contribution >= 4 is 23.0 Å². The highest BCUT2D eigenvalue weighted by atomic mass is 35.5. The number of ether oxygens (including phenoxy) is 1. The molecule has 1 saturated carbocycles. The molecule has 3 rings (SSSR count). The molecule has 1 N–H and O–H groups in total. The number of hydrogen-bond donors (Lipinski definition) is 1. The number of ketones is 1. The minimum atomic E-state index is -0.366. The van der Waals surface area contributed by atoms with Crippen LogP contribution in [0.25, 0.3) is 5.57 Å². The normalized spacial score (nSPS) is 27.3. The van der Waals surface area contributed by atoms with E-state index in [9.17, 15) is 9.90 Å². The smallest absolute Gasteiger partial charge is 0.167 e. The topological polar surface area (TPSA) is 46.5 Å². The maximum Gasteiger partial charge on any atom is 0.167 e. The van der Waals surface area contributed by atoms with Gasteiger partial charge in [-0.1, -0.05) is 11.6 Å². The van der Waals surface area contributed by atoms with Gasteiger partial charge in [0, 0.05) is 30.6 Å². The molecule has 2 aliphatic carbocycles. The molecule has 0 radical (unpaired) electrons. The van der Waals surface area contributed by atoms with E-state index >= 15 is 0 Å². The fourth-order valence-corrected chi connectivity index (χ4v) is 4.81. The molecule has 0 atom stereocenters. The van der Waals surface area contributed by atoms with Gasteiger partial charge in [0.1, 0.15) is 5.76 Å². The first-order valence-electron chi connectivity index (χ1n) is 8.61. The first-order valence-corrected chi connectivity index (χ1v) is 8.99. The van der Waals surface area contributed by atoms with E-state index < -0.39 is 0 Å². The largest absolute Gasteiger partial charge is 0.511 e. The molecule has 24 heavy (non-hydrogen) atoms. The van der Waals surface area contributed by atoms with Gasteiger partial charge in [0.2, 0.25) is 0 Å². The number of Topliss-reactive ketones (excluding diaryl/α,β-unsaturated/α-hetero) is 1. The lowest BCUT2D eigenvalue weighted by Crippen LogP contribution is -2.29. The highest BCUT2D eigenvalue weighted by molar-refractivity contribution is 6.31. The Hall–Kier alpha value is -1.32. The van der Waals surface area contributed by atoms with Crippen LogP contribution in [0.1, 0.15) is 48.8 Å². The Morgan fingerprint density at radius 1 is 1.25 bits per heavy atom. The van der Waals surface area contributed by atoms with Crippen molar-refractivity contribution in [3.05, 3.63) is 39.6 Å². The summed E-state index contributed by atoms with van der Waals surface area (Å²) in [4.78, 5) is 12.8. The van der Waals surface area contributed by atoms with Gasteiger partial charge < -0.3 is 9.84 Å². The Labute approximate surface area is 148 Å². The zero-order chi connectivity index (χ0) is 17.5. The second-order valence-corrected chi connectivity index (χ2v) is 7.85. The lowest BCUT2D eigenvalue weighted by molar-refractivity contribution is -0.115. The number of aryl methyl sites for hydroxylation is 2. The van der Waals surface area contributed by atoms with Gasteiger partial charge in [-0.15, -0.1) is 0 Å². The van der Waals surface area contributed by atoms with Crippen molar-refractivity contribution in [2.45, 2.75) is 46.0 Å². The molecule has 1 fully saturated rings. The summed E-state index contributed by atoms with van der Waals surface area (Å²) in [7, 11) is 1.73. The highest BCUT2D eigenvalue weighted by Crippen LogP contribution is 2.53. The second kappa shape index (κ2) is 6.53. The molecule has 0 saturated heterocycles. The number of allylic oxidation sites excluding steroid dienone is 2. The quantitative estimate of drug-likeness (QED) is 0.834. The molecular formula is C20H25ClO3. The molecule has 0 heterocycles. The van der Waals surface area contributed by atoms with E-state index in [4.69, 9.17) is 16.3 Å². The Balaban J connectivity index is 1.98. The maximum absolute atomic E-state index is 12.8. The summed E-state index contributed by atoms with van der Waals surface area (Å²) in [5.41, 5.74) is 2.90. The number of carbonyl (C=O) groups excluding carboxylic acids is 1. The van der Waals surface area contributed by atoms with Gasteiger partial charge in [-0.3, -0.25) is 4.79 Å². The summed E-state index contributed by atoms with van der Waals surface area (Å²) < 4.78 is 5.26. The number of aliphatic hydroxyl groups excluding tert-OH is 1. The molecule has 3 nitrogen and oxygen atoms in total. The maximum atomic E-state index is 12.8. The SMILES string of the molecule is COCC1CCC2(CC1)CC(=O)C(c1c(C)cc(Cl)cc1C)=C2O. The van der Waals surface area contributed by atoms with Crippen LogP contribution >= 0.6 is 11.6 Å². The van der Waals surface area contributed by atoms with E-state index in [0.29, 0.717) is 28.7 Å². The van der Waals surface area contributed by atoms with E-state index in [0.717, 1.165) is 49.0 Å². The van der Waals surface area contributed by atoms with Crippen LogP contribution in [0.5, 0.6) is 0 Å². The van der Waals surface area contributed by atoms with Crippen LogP contribution < -0.4 is 0 Å². The molecule has 1 aromatic rings. The third kappa shape index (κ3) is 2.89. The van der Waals surface area contributed by atoms with Crippen LogP contribution in [-0.4, -0.2) is 24.6 Å². The van der Waals surface area contributed by atoms with Crippen LogP contribution in [0.4, 0.5) is 0 Å². The summed E-state index contributed by atoms with van der Waals surface area (Å²) in [6.07, 6.45) is 4.13. The molecule has 4 heteroatoms. The summed E-state index contributed by atoms with van der Waals surface area (Å²) in [5.74, 6) is 0.898. The average Bonchev–Trinajstić information content (AvgIpc) is 2.74. The van der Waals surface area contributed by atoms with Gasteiger partial charge in [0.15, 0.2) is 5.78 Å². The molecule has 0 aliphatic heterocycles. The monoisotopic (exact) mass is 348 g/mol. The first-order chi connectivity index (χ1) is 11.4. The molecule has 130 valence electrons. The predicted molar refractivity (Wildman–Crippen MR) is 96.4 cm³/mol. The Morgan fingerprint density at radius 3 is 2.38 bits per heavy atom. The number of rotatable bonds is 3. The Kier molecular flexibility index (Phi) is 4.76. The van der Waals surface area contributed by atoms with Crippen LogP contribution in [0.3, 0.4) is 0 Å². The van der Waals surface area contributed by atoms with Crippen molar-refractivity contribution in [3.63, 3.8) is 0 Å². The van der Waals surface area contributed by atoms with Crippen LogP contribution in [0.15, 0.2) is 17.9 Å². The standard InChI is InChI=1S/C20H25ClO3/c1-12-8-15(21)9-13(2)17(12)18-16(22)10-20(19(18)23)6-4-14(5-7-20)11-24-3/h8-9,14,23H,4-7,10-11H2,1-3H3. The van der Waals surface area contributed by atoms with E-state index in [1.807, 2.05) is 26.0 Å². The molecule has 1 aromatic carbocycles. The van der Waals surface area contributed by atoms with Crippen LogP contribution in [-0.2, 0) is 9.53 Å². The molecule has 0 bridgehead atoms. The van der Waals surface area contributed by atoms with Gasteiger partial charge in [-0.2, -0.15) is 0 Å². The van der Waals surface area contributed by atoms with Crippen molar-refractivity contribution in [1.29, 1.82) is 0 Å². The van der Waals surface area contributed by atoms with Gasteiger partial charge in [0.25, 0.3) is 0 Å². The lowest BCUT2D eigenvalue weighted by atomic mass is 9.69. The van der Waals surface area contributed by atoms with Gasteiger partial charge >= 0.3 is 0 Å². The zero-order valence-corrected chi connectivity index (χ0v) is 15.4. The minimum Gasteiger partial charge on any atom is -0.511 e. The highest BCUT2D eigenvalue weighted by Gasteiger charge is 2.48. The fraction of sp³-hybridized carbons (Fsp3) is 0.550. The number of halogens is 1. The third-order valence-corrected chi connectivity index (χ3v) is 5.95. The van der Waals surface area contributed by atoms with Crippen molar-refractivity contribution in [1.82, 2.24) is 0 Å². The summed E-state index contributed by atoms with van der Waals surface area (Å²) in [6.45, 7) is 4.65. The summed E-state index contributed by atoms with van der Waals surface area (Å²) >= 11 is 6.11. The fourth-order valence-electron chi connectivity index (χ4n) is 4.49. The van der Waals surface area contributed by atoms with E-state index in [2.05, 4.69) is 0 Å². The van der Waals surface area contributed by atoms with Gasteiger partial charge in [-0.25, -0.2) is 0 Å². The number of methoxy groups -OCH3 is 1. The van der Waals surface area contributed by atoms with Gasteiger partial charge in [-0.05, 0) is 74.3 Å². The van der Waals surface area contributed by atoms with E-state index in [1.165, 1.54) is 0 Å².